The Kier molecular flexibility index (Phi) is 3.39. The van der Waals surface area contributed by atoms with Crippen LogP contribution in [0, 0.1) is 11.3 Å². The van der Waals surface area contributed by atoms with Crippen molar-refractivity contribution in [3.8, 4) is 0 Å². The first-order chi connectivity index (χ1) is 5.97. The summed E-state index contributed by atoms with van der Waals surface area (Å²) in [7, 11) is 0. The van der Waals surface area contributed by atoms with E-state index in [1.165, 1.54) is 25.9 Å². The summed E-state index contributed by atoms with van der Waals surface area (Å²) in [6.45, 7) is 14.4. The predicted molar refractivity (Wildman–Crippen MR) is 58.9 cm³/mol. The van der Waals surface area contributed by atoms with E-state index in [-0.39, 0.29) is 0 Å². The Hall–Kier alpha value is -0.0400. The highest BCUT2D eigenvalue weighted by atomic mass is 15.2. The molecule has 0 bridgehead atoms. The van der Waals surface area contributed by atoms with Gasteiger partial charge in [-0.25, -0.2) is 0 Å². The van der Waals surface area contributed by atoms with Crippen LogP contribution in [0.2, 0.25) is 0 Å². The number of likely N-dealkylation sites (tertiary alicyclic amines) is 1. The Morgan fingerprint density at radius 1 is 1.38 bits per heavy atom. The molecule has 0 spiro atoms. The van der Waals surface area contributed by atoms with Crippen LogP contribution >= 0.6 is 0 Å². The van der Waals surface area contributed by atoms with Gasteiger partial charge >= 0.3 is 0 Å². The van der Waals surface area contributed by atoms with Gasteiger partial charge in [-0.05, 0) is 38.1 Å². The van der Waals surface area contributed by atoms with Gasteiger partial charge in [0.2, 0.25) is 0 Å². The van der Waals surface area contributed by atoms with Crippen LogP contribution in [0.25, 0.3) is 0 Å². The van der Waals surface area contributed by atoms with E-state index in [2.05, 4.69) is 39.5 Å². The largest absolute Gasteiger partial charge is 0.301 e. The van der Waals surface area contributed by atoms with E-state index in [1.54, 1.807) is 0 Å². The normalized spacial score (nSPS) is 29.5. The van der Waals surface area contributed by atoms with Crippen molar-refractivity contribution in [2.24, 2.45) is 11.3 Å². The van der Waals surface area contributed by atoms with Gasteiger partial charge in [0.05, 0.1) is 0 Å². The maximum atomic E-state index is 2.62. The quantitative estimate of drug-likeness (QED) is 0.635. The van der Waals surface area contributed by atoms with E-state index in [0.29, 0.717) is 5.41 Å². The number of piperidine rings is 1. The van der Waals surface area contributed by atoms with Crippen molar-refractivity contribution in [3.63, 3.8) is 0 Å². The summed E-state index contributed by atoms with van der Waals surface area (Å²) in [5.74, 6) is 0.892. The third-order valence-electron chi connectivity index (χ3n) is 3.83. The first-order valence-corrected chi connectivity index (χ1v) is 5.71. The molecule has 1 saturated heterocycles. The van der Waals surface area contributed by atoms with Gasteiger partial charge in [0, 0.05) is 12.6 Å². The van der Waals surface area contributed by atoms with Gasteiger partial charge in [-0.1, -0.05) is 27.2 Å². The lowest BCUT2D eigenvalue weighted by Crippen LogP contribution is -2.47. The van der Waals surface area contributed by atoms with Crippen molar-refractivity contribution < 1.29 is 0 Å². The minimum absolute atomic E-state index is 0.570. The molecule has 0 saturated carbocycles. The van der Waals surface area contributed by atoms with E-state index < -0.39 is 0 Å². The molecule has 0 radical (unpaired) electrons. The van der Waals surface area contributed by atoms with Crippen LogP contribution in [0.5, 0.6) is 0 Å². The number of hydrogen-bond donors (Lipinski definition) is 0. The van der Waals surface area contributed by atoms with E-state index in [9.17, 15) is 0 Å². The molecule has 0 N–H and O–H groups in total. The predicted octanol–water partition coefficient (Wildman–Crippen LogP) is 3.15. The SMILES string of the molecule is CCC1CN(C(C)C)CCC1(C)C. The summed E-state index contributed by atoms with van der Waals surface area (Å²) < 4.78 is 0. The van der Waals surface area contributed by atoms with Gasteiger partial charge in [-0.3, -0.25) is 0 Å². The molecule has 13 heavy (non-hydrogen) atoms. The average molecular weight is 183 g/mol. The van der Waals surface area contributed by atoms with Crippen LogP contribution in [-0.2, 0) is 0 Å². The summed E-state index contributed by atoms with van der Waals surface area (Å²) in [5.41, 5.74) is 0.570. The maximum absolute atomic E-state index is 2.62. The summed E-state index contributed by atoms with van der Waals surface area (Å²) in [4.78, 5) is 2.62. The maximum Gasteiger partial charge on any atom is 0.00387 e. The molecule has 1 heteroatoms. The molecule has 1 atom stereocenters. The Labute approximate surface area is 83.5 Å². The molecule has 0 aromatic carbocycles. The van der Waals surface area contributed by atoms with E-state index in [1.807, 2.05) is 0 Å². The van der Waals surface area contributed by atoms with E-state index in [0.717, 1.165) is 12.0 Å². The second-order valence-corrected chi connectivity index (χ2v) is 5.43. The van der Waals surface area contributed by atoms with Crippen molar-refractivity contribution >= 4 is 0 Å². The van der Waals surface area contributed by atoms with Gasteiger partial charge in [-0.15, -0.1) is 0 Å². The fourth-order valence-electron chi connectivity index (χ4n) is 2.41. The van der Waals surface area contributed by atoms with Crippen LogP contribution in [-0.4, -0.2) is 24.0 Å². The molecular weight excluding hydrogens is 158 g/mol. The standard InChI is InChI=1S/C12H25N/c1-6-11-9-13(10(2)3)8-7-12(11,4)5/h10-11H,6-9H2,1-5H3. The van der Waals surface area contributed by atoms with Crippen LogP contribution in [0.3, 0.4) is 0 Å². The second kappa shape index (κ2) is 4.00. The van der Waals surface area contributed by atoms with Gasteiger partial charge in [-0.2, -0.15) is 0 Å². The van der Waals surface area contributed by atoms with Gasteiger partial charge in [0.15, 0.2) is 0 Å². The zero-order chi connectivity index (χ0) is 10.1. The van der Waals surface area contributed by atoms with Crippen LogP contribution < -0.4 is 0 Å². The smallest absolute Gasteiger partial charge is 0.00387 e. The highest BCUT2D eigenvalue weighted by Gasteiger charge is 2.34. The molecule has 0 aliphatic carbocycles. The molecular formula is C12H25N. The van der Waals surface area contributed by atoms with Crippen molar-refractivity contribution in [1.29, 1.82) is 0 Å². The third kappa shape index (κ3) is 2.46. The number of nitrogens with zero attached hydrogens (tertiary/aromatic N) is 1. The van der Waals surface area contributed by atoms with E-state index in [4.69, 9.17) is 0 Å². The van der Waals surface area contributed by atoms with Gasteiger partial charge in [0.1, 0.15) is 0 Å². The average Bonchev–Trinajstić information content (AvgIpc) is 2.03. The molecule has 0 aromatic rings. The molecule has 1 heterocycles. The monoisotopic (exact) mass is 183 g/mol. The van der Waals surface area contributed by atoms with E-state index >= 15 is 0 Å². The minimum atomic E-state index is 0.570. The van der Waals surface area contributed by atoms with Crippen LogP contribution in [0.1, 0.15) is 47.5 Å². The fraction of sp³-hybridized carbons (Fsp3) is 1.00. The van der Waals surface area contributed by atoms with Gasteiger partial charge in [0.25, 0.3) is 0 Å². The van der Waals surface area contributed by atoms with Crippen molar-refractivity contribution in [1.82, 2.24) is 4.90 Å². The van der Waals surface area contributed by atoms with Crippen LogP contribution in [0.15, 0.2) is 0 Å². The summed E-state index contributed by atoms with van der Waals surface area (Å²) in [6.07, 6.45) is 2.69. The van der Waals surface area contributed by atoms with Crippen molar-refractivity contribution in [2.75, 3.05) is 13.1 Å². The lowest BCUT2D eigenvalue weighted by atomic mass is 9.72. The fourth-order valence-corrected chi connectivity index (χ4v) is 2.41. The molecule has 0 amide bonds. The highest BCUT2D eigenvalue weighted by Crippen LogP contribution is 2.37. The molecule has 1 nitrogen and oxygen atoms in total. The second-order valence-electron chi connectivity index (χ2n) is 5.43. The topological polar surface area (TPSA) is 3.24 Å². The van der Waals surface area contributed by atoms with Crippen molar-refractivity contribution in [2.45, 2.75) is 53.5 Å². The van der Waals surface area contributed by atoms with Crippen molar-refractivity contribution in [3.05, 3.63) is 0 Å². The Morgan fingerprint density at radius 3 is 2.46 bits per heavy atom. The number of rotatable bonds is 2. The molecule has 1 aliphatic heterocycles. The summed E-state index contributed by atoms with van der Waals surface area (Å²) in [5, 5.41) is 0. The molecule has 0 aromatic heterocycles. The molecule has 1 fully saturated rings. The zero-order valence-corrected chi connectivity index (χ0v) is 9.93. The summed E-state index contributed by atoms with van der Waals surface area (Å²) >= 11 is 0. The Balaban J connectivity index is 2.58. The highest BCUT2D eigenvalue weighted by molar-refractivity contribution is 4.86. The molecule has 78 valence electrons. The molecule has 1 rings (SSSR count). The Bertz CT molecular complexity index is 161. The lowest BCUT2D eigenvalue weighted by Gasteiger charge is -2.45. The van der Waals surface area contributed by atoms with Gasteiger partial charge < -0.3 is 4.90 Å². The first kappa shape index (κ1) is 11.0. The number of hydrogen-bond acceptors (Lipinski definition) is 1. The zero-order valence-electron chi connectivity index (χ0n) is 9.93. The molecule has 1 aliphatic rings. The lowest BCUT2D eigenvalue weighted by molar-refractivity contribution is 0.0405. The third-order valence-corrected chi connectivity index (χ3v) is 3.83. The first-order valence-electron chi connectivity index (χ1n) is 5.71. The Morgan fingerprint density at radius 2 is 2.00 bits per heavy atom. The molecule has 1 unspecified atom stereocenters. The summed E-state index contributed by atoms with van der Waals surface area (Å²) in [6, 6.07) is 0.727. The van der Waals surface area contributed by atoms with Crippen LogP contribution in [0.4, 0.5) is 0 Å². The minimum Gasteiger partial charge on any atom is -0.301 e.